The maximum Gasteiger partial charge on any atom is 0.276 e. The van der Waals surface area contributed by atoms with E-state index in [1.54, 1.807) is 10.5 Å². The molecule has 0 amide bonds. The van der Waals surface area contributed by atoms with Gasteiger partial charge >= 0.3 is 0 Å². The fourth-order valence-corrected chi connectivity index (χ4v) is 4.66. The molecule has 126 valence electrons. The molecule has 1 aliphatic rings. The predicted molar refractivity (Wildman–Crippen MR) is 93.8 cm³/mol. The fourth-order valence-electron chi connectivity index (χ4n) is 3.10. The van der Waals surface area contributed by atoms with E-state index in [4.69, 9.17) is 4.42 Å². The molecule has 6 nitrogen and oxygen atoms in total. The number of aryl methyl sites for hydroxylation is 1. The van der Waals surface area contributed by atoms with Crippen LogP contribution < -0.4 is 5.56 Å². The highest BCUT2D eigenvalue weighted by Crippen LogP contribution is 2.33. The Morgan fingerprint density at radius 1 is 1.33 bits per heavy atom. The average molecular weight is 362 g/mol. The highest BCUT2D eigenvalue weighted by Gasteiger charge is 2.21. The van der Waals surface area contributed by atoms with E-state index in [9.17, 15) is 4.79 Å². The third-order valence-electron chi connectivity index (χ3n) is 4.35. The Morgan fingerprint density at radius 3 is 3.00 bits per heavy atom. The second-order valence-corrected chi connectivity index (χ2v) is 7.87. The van der Waals surface area contributed by atoms with E-state index in [-0.39, 0.29) is 5.56 Å². The largest absolute Gasteiger partial charge is 0.416 e. The molecule has 0 N–H and O–H groups in total. The number of fused-ring (bicyclic) bond motifs is 1. The molecule has 24 heavy (non-hydrogen) atoms. The zero-order chi connectivity index (χ0) is 16.5. The predicted octanol–water partition coefficient (Wildman–Crippen LogP) is 3.79. The molecule has 0 bridgehead atoms. The minimum atomic E-state index is -0.0391. The Morgan fingerprint density at radius 2 is 2.17 bits per heavy atom. The summed E-state index contributed by atoms with van der Waals surface area (Å²) in [4.78, 5) is 17.4. The molecule has 0 spiro atoms. The molecular weight excluding hydrogens is 344 g/mol. The van der Waals surface area contributed by atoms with E-state index in [1.807, 2.05) is 12.3 Å². The SMILES string of the molecule is Cc1csc2nc(CSc3nnc(C4CCCCC4)o3)cc(=O)n12. The topological polar surface area (TPSA) is 73.3 Å². The third-order valence-corrected chi connectivity index (χ3v) is 6.14. The molecule has 8 heteroatoms. The van der Waals surface area contributed by atoms with Crippen LogP contribution in [-0.4, -0.2) is 19.6 Å². The van der Waals surface area contributed by atoms with Crippen molar-refractivity contribution in [1.82, 2.24) is 19.6 Å². The summed E-state index contributed by atoms with van der Waals surface area (Å²) in [5, 5.41) is 10.8. The molecule has 1 fully saturated rings. The van der Waals surface area contributed by atoms with Crippen molar-refractivity contribution >= 4 is 28.1 Å². The van der Waals surface area contributed by atoms with Crippen LogP contribution in [0.1, 0.15) is 55.3 Å². The molecule has 1 saturated carbocycles. The summed E-state index contributed by atoms with van der Waals surface area (Å²) in [5.74, 6) is 1.72. The third kappa shape index (κ3) is 3.12. The standard InChI is InChI=1S/C16H18N4O2S2/c1-10-8-23-15-17-12(7-13(21)20(10)15)9-24-16-19-18-14(22-16)11-5-3-2-4-6-11/h7-8,11H,2-6,9H2,1H3. The first-order chi connectivity index (χ1) is 11.7. The van der Waals surface area contributed by atoms with Gasteiger partial charge in [0.2, 0.25) is 5.89 Å². The van der Waals surface area contributed by atoms with E-state index in [0.717, 1.165) is 35.1 Å². The van der Waals surface area contributed by atoms with Crippen LogP contribution in [0, 0.1) is 6.92 Å². The van der Waals surface area contributed by atoms with Gasteiger partial charge in [0.05, 0.1) is 5.69 Å². The van der Waals surface area contributed by atoms with Gasteiger partial charge < -0.3 is 4.42 Å². The van der Waals surface area contributed by atoms with Crippen molar-refractivity contribution in [3.05, 3.63) is 39.1 Å². The van der Waals surface area contributed by atoms with Gasteiger partial charge in [0.15, 0.2) is 4.96 Å². The van der Waals surface area contributed by atoms with Crippen LogP contribution in [0.25, 0.3) is 4.96 Å². The van der Waals surface area contributed by atoms with Crippen LogP contribution in [0.4, 0.5) is 0 Å². The van der Waals surface area contributed by atoms with Gasteiger partial charge in [-0.2, -0.15) is 0 Å². The molecule has 0 atom stereocenters. The van der Waals surface area contributed by atoms with Gasteiger partial charge in [0.1, 0.15) is 0 Å². The van der Waals surface area contributed by atoms with Crippen molar-refractivity contribution < 1.29 is 4.42 Å². The maximum atomic E-state index is 12.2. The van der Waals surface area contributed by atoms with Crippen molar-refractivity contribution in [3.8, 4) is 0 Å². The van der Waals surface area contributed by atoms with E-state index in [1.165, 1.54) is 42.4 Å². The Labute approximate surface area is 147 Å². The first-order valence-corrected chi connectivity index (χ1v) is 10.0. The van der Waals surface area contributed by atoms with Crippen LogP contribution >= 0.6 is 23.1 Å². The minimum Gasteiger partial charge on any atom is -0.416 e. The lowest BCUT2D eigenvalue weighted by molar-refractivity contribution is 0.334. The van der Waals surface area contributed by atoms with Crippen LogP contribution in [0.15, 0.2) is 25.9 Å². The first kappa shape index (κ1) is 15.8. The van der Waals surface area contributed by atoms with E-state index < -0.39 is 0 Å². The van der Waals surface area contributed by atoms with Gasteiger partial charge in [-0.05, 0) is 19.8 Å². The number of nitrogens with zero attached hydrogens (tertiary/aromatic N) is 4. The van der Waals surface area contributed by atoms with Gasteiger partial charge in [-0.1, -0.05) is 31.0 Å². The Hall–Kier alpha value is -1.67. The maximum absolute atomic E-state index is 12.2. The summed E-state index contributed by atoms with van der Waals surface area (Å²) in [6.45, 7) is 1.91. The summed E-state index contributed by atoms with van der Waals surface area (Å²) in [7, 11) is 0. The Balaban J connectivity index is 1.47. The molecule has 0 radical (unpaired) electrons. The zero-order valence-electron chi connectivity index (χ0n) is 13.4. The normalized spacial score (nSPS) is 16.0. The molecule has 4 rings (SSSR count). The van der Waals surface area contributed by atoms with Gasteiger partial charge in [-0.3, -0.25) is 9.20 Å². The molecule has 0 saturated heterocycles. The number of hydrogen-bond donors (Lipinski definition) is 0. The van der Waals surface area contributed by atoms with Crippen molar-refractivity contribution in [2.75, 3.05) is 0 Å². The highest BCUT2D eigenvalue weighted by molar-refractivity contribution is 7.98. The monoisotopic (exact) mass is 362 g/mol. The lowest BCUT2D eigenvalue weighted by atomic mass is 9.89. The van der Waals surface area contributed by atoms with Gasteiger partial charge in [-0.15, -0.1) is 21.5 Å². The summed E-state index contributed by atoms with van der Waals surface area (Å²) in [6, 6.07) is 1.58. The number of aromatic nitrogens is 4. The molecule has 0 aliphatic heterocycles. The van der Waals surface area contributed by atoms with E-state index in [0.29, 0.717) is 16.9 Å². The molecule has 0 unspecified atom stereocenters. The van der Waals surface area contributed by atoms with E-state index >= 15 is 0 Å². The molecular formula is C16H18N4O2S2. The lowest BCUT2D eigenvalue weighted by Gasteiger charge is -2.17. The van der Waals surface area contributed by atoms with Crippen molar-refractivity contribution in [1.29, 1.82) is 0 Å². The molecule has 3 heterocycles. The highest BCUT2D eigenvalue weighted by atomic mass is 32.2. The molecule has 1 aliphatic carbocycles. The Bertz CT molecular complexity index is 908. The first-order valence-electron chi connectivity index (χ1n) is 8.13. The van der Waals surface area contributed by atoms with Crippen molar-refractivity contribution in [2.45, 2.75) is 55.9 Å². The van der Waals surface area contributed by atoms with Crippen LogP contribution in [0.2, 0.25) is 0 Å². The smallest absolute Gasteiger partial charge is 0.276 e. The molecule has 3 aromatic rings. The number of thioether (sulfide) groups is 1. The van der Waals surface area contributed by atoms with Gasteiger partial charge in [0, 0.05) is 28.8 Å². The van der Waals surface area contributed by atoms with Crippen LogP contribution in [0.3, 0.4) is 0 Å². The fraction of sp³-hybridized carbons (Fsp3) is 0.500. The van der Waals surface area contributed by atoms with Crippen molar-refractivity contribution in [3.63, 3.8) is 0 Å². The van der Waals surface area contributed by atoms with Crippen molar-refractivity contribution in [2.24, 2.45) is 0 Å². The second-order valence-electron chi connectivity index (χ2n) is 6.11. The summed E-state index contributed by atoms with van der Waals surface area (Å²) in [5.41, 5.74) is 1.62. The van der Waals surface area contributed by atoms with Gasteiger partial charge in [0.25, 0.3) is 10.8 Å². The molecule has 0 aromatic carbocycles. The van der Waals surface area contributed by atoms with Crippen LogP contribution in [-0.2, 0) is 5.75 Å². The number of thiazole rings is 1. The van der Waals surface area contributed by atoms with E-state index in [2.05, 4.69) is 15.2 Å². The summed E-state index contributed by atoms with van der Waals surface area (Å²) < 4.78 is 7.43. The van der Waals surface area contributed by atoms with Gasteiger partial charge in [-0.25, -0.2) is 4.98 Å². The minimum absolute atomic E-state index is 0.0391. The average Bonchev–Trinajstić information content (AvgIpc) is 3.21. The summed E-state index contributed by atoms with van der Waals surface area (Å²) >= 11 is 2.91. The quantitative estimate of drug-likeness (QED) is 0.658. The lowest BCUT2D eigenvalue weighted by Crippen LogP contribution is -2.14. The Kier molecular flexibility index (Phi) is 4.41. The summed E-state index contributed by atoms with van der Waals surface area (Å²) in [6.07, 6.45) is 6.06. The zero-order valence-corrected chi connectivity index (χ0v) is 15.0. The second kappa shape index (κ2) is 6.68. The molecule has 3 aromatic heterocycles. The number of rotatable bonds is 4. The van der Waals surface area contributed by atoms with Crippen LogP contribution in [0.5, 0.6) is 0 Å². The number of hydrogen-bond acceptors (Lipinski definition) is 7.